The molecular formula is C14H25N3OS. The fourth-order valence-electron chi connectivity index (χ4n) is 2.36. The number of ether oxygens (including phenoxy) is 1. The van der Waals surface area contributed by atoms with Crippen LogP contribution < -0.4 is 10.2 Å². The molecule has 5 heteroatoms. The van der Waals surface area contributed by atoms with Crippen LogP contribution in [-0.4, -0.2) is 37.8 Å². The molecular weight excluding hydrogens is 258 g/mol. The second kappa shape index (κ2) is 7.22. The van der Waals surface area contributed by atoms with Crippen LogP contribution in [0.25, 0.3) is 0 Å². The van der Waals surface area contributed by atoms with Gasteiger partial charge in [-0.05, 0) is 25.8 Å². The molecule has 0 aromatic carbocycles. The summed E-state index contributed by atoms with van der Waals surface area (Å²) in [4.78, 5) is 8.39. The maximum atomic E-state index is 5.70. The zero-order valence-electron chi connectivity index (χ0n) is 12.2. The van der Waals surface area contributed by atoms with Gasteiger partial charge in [0.25, 0.3) is 0 Å². The largest absolute Gasteiger partial charge is 0.376 e. The Balaban J connectivity index is 1.99. The van der Waals surface area contributed by atoms with Gasteiger partial charge >= 0.3 is 0 Å². The highest BCUT2D eigenvalue weighted by Crippen LogP contribution is 2.27. The van der Waals surface area contributed by atoms with Gasteiger partial charge in [0, 0.05) is 31.6 Å². The number of rotatable bonds is 7. The first-order valence-electron chi connectivity index (χ1n) is 7.26. The second-order valence-corrected chi connectivity index (χ2v) is 6.08. The lowest BCUT2D eigenvalue weighted by molar-refractivity contribution is 0.116. The van der Waals surface area contributed by atoms with Crippen molar-refractivity contribution in [3.8, 4) is 0 Å². The SMILES string of the molecule is CCNCc1sc(N(C)CC2CCCO2)nc1CC. The number of hydrogen-bond donors (Lipinski definition) is 1. The maximum absolute atomic E-state index is 5.70. The molecule has 1 atom stereocenters. The smallest absolute Gasteiger partial charge is 0.185 e. The first-order chi connectivity index (χ1) is 9.24. The highest BCUT2D eigenvalue weighted by atomic mass is 32.1. The van der Waals surface area contributed by atoms with Gasteiger partial charge in [-0.2, -0.15) is 0 Å². The Morgan fingerprint density at radius 1 is 1.47 bits per heavy atom. The summed E-state index contributed by atoms with van der Waals surface area (Å²) >= 11 is 1.81. The number of anilines is 1. The molecule has 0 radical (unpaired) electrons. The van der Waals surface area contributed by atoms with E-state index >= 15 is 0 Å². The average molecular weight is 283 g/mol. The van der Waals surface area contributed by atoms with Crippen molar-refractivity contribution in [1.29, 1.82) is 0 Å². The van der Waals surface area contributed by atoms with Crippen molar-refractivity contribution < 1.29 is 4.74 Å². The molecule has 1 aliphatic heterocycles. The van der Waals surface area contributed by atoms with E-state index in [1.165, 1.54) is 23.4 Å². The van der Waals surface area contributed by atoms with Crippen molar-refractivity contribution in [3.05, 3.63) is 10.6 Å². The van der Waals surface area contributed by atoms with E-state index in [4.69, 9.17) is 9.72 Å². The Bertz CT molecular complexity index is 388. The number of thiazole rings is 1. The van der Waals surface area contributed by atoms with Gasteiger partial charge in [0.1, 0.15) is 0 Å². The van der Waals surface area contributed by atoms with Gasteiger partial charge in [0.15, 0.2) is 5.13 Å². The Morgan fingerprint density at radius 2 is 2.32 bits per heavy atom. The maximum Gasteiger partial charge on any atom is 0.185 e. The van der Waals surface area contributed by atoms with E-state index in [2.05, 4.69) is 31.1 Å². The molecule has 1 unspecified atom stereocenters. The quantitative estimate of drug-likeness (QED) is 0.834. The van der Waals surface area contributed by atoms with Gasteiger partial charge in [0.2, 0.25) is 0 Å². The van der Waals surface area contributed by atoms with Gasteiger partial charge in [-0.25, -0.2) is 4.98 Å². The standard InChI is InChI=1S/C14H25N3OS/c1-4-12-13(9-15-5-2)19-14(16-12)17(3)10-11-7-6-8-18-11/h11,15H,4-10H2,1-3H3. The van der Waals surface area contributed by atoms with Gasteiger partial charge in [-0.3, -0.25) is 0 Å². The van der Waals surface area contributed by atoms with Crippen LogP contribution in [0.1, 0.15) is 37.3 Å². The molecule has 2 rings (SSSR count). The monoisotopic (exact) mass is 283 g/mol. The van der Waals surface area contributed by atoms with Gasteiger partial charge in [-0.15, -0.1) is 11.3 Å². The summed E-state index contributed by atoms with van der Waals surface area (Å²) in [5, 5.41) is 4.52. The van der Waals surface area contributed by atoms with Crippen LogP contribution in [0.15, 0.2) is 0 Å². The first-order valence-corrected chi connectivity index (χ1v) is 8.08. The molecule has 1 N–H and O–H groups in total. The Morgan fingerprint density at radius 3 is 2.95 bits per heavy atom. The van der Waals surface area contributed by atoms with E-state index in [0.29, 0.717) is 6.10 Å². The zero-order valence-corrected chi connectivity index (χ0v) is 13.1. The molecule has 2 heterocycles. The molecule has 0 amide bonds. The van der Waals surface area contributed by atoms with E-state index in [9.17, 15) is 0 Å². The second-order valence-electron chi connectivity index (χ2n) is 5.02. The molecule has 1 aliphatic rings. The molecule has 1 saturated heterocycles. The lowest BCUT2D eigenvalue weighted by atomic mass is 10.2. The first kappa shape index (κ1) is 14.8. The van der Waals surface area contributed by atoms with Crippen LogP contribution in [-0.2, 0) is 17.7 Å². The fourth-order valence-corrected chi connectivity index (χ4v) is 3.45. The van der Waals surface area contributed by atoms with E-state index in [0.717, 1.165) is 37.8 Å². The van der Waals surface area contributed by atoms with Crippen molar-refractivity contribution in [2.45, 2.75) is 45.8 Å². The normalized spacial score (nSPS) is 19.0. The van der Waals surface area contributed by atoms with Crippen LogP contribution in [0.3, 0.4) is 0 Å². The summed E-state index contributed by atoms with van der Waals surface area (Å²) in [5.41, 5.74) is 1.24. The third-order valence-corrected chi connectivity index (χ3v) is 4.68. The molecule has 0 spiro atoms. The highest BCUT2D eigenvalue weighted by Gasteiger charge is 2.20. The van der Waals surface area contributed by atoms with Crippen molar-refractivity contribution in [1.82, 2.24) is 10.3 Å². The minimum absolute atomic E-state index is 0.385. The van der Waals surface area contributed by atoms with Crippen LogP contribution in [0, 0.1) is 0 Å². The molecule has 19 heavy (non-hydrogen) atoms. The Hall–Kier alpha value is -0.650. The summed E-state index contributed by atoms with van der Waals surface area (Å²) in [5.74, 6) is 0. The average Bonchev–Trinajstić information content (AvgIpc) is 3.04. The van der Waals surface area contributed by atoms with Gasteiger partial charge < -0.3 is 15.0 Å². The molecule has 108 valence electrons. The van der Waals surface area contributed by atoms with E-state index in [1.54, 1.807) is 0 Å². The molecule has 1 fully saturated rings. The van der Waals surface area contributed by atoms with E-state index < -0.39 is 0 Å². The Kier molecular flexibility index (Phi) is 5.60. The number of hydrogen-bond acceptors (Lipinski definition) is 5. The number of nitrogens with zero attached hydrogens (tertiary/aromatic N) is 2. The third kappa shape index (κ3) is 3.91. The minimum Gasteiger partial charge on any atom is -0.376 e. The van der Waals surface area contributed by atoms with Gasteiger partial charge in [0.05, 0.1) is 11.8 Å². The van der Waals surface area contributed by atoms with Crippen LogP contribution >= 0.6 is 11.3 Å². The lowest BCUT2D eigenvalue weighted by Crippen LogP contribution is -2.28. The fraction of sp³-hybridized carbons (Fsp3) is 0.786. The minimum atomic E-state index is 0.385. The highest BCUT2D eigenvalue weighted by molar-refractivity contribution is 7.15. The molecule has 1 aromatic rings. The van der Waals surface area contributed by atoms with Crippen LogP contribution in [0.2, 0.25) is 0 Å². The predicted octanol–water partition coefficient (Wildman–Crippen LogP) is 2.43. The topological polar surface area (TPSA) is 37.4 Å². The molecule has 0 saturated carbocycles. The van der Waals surface area contributed by atoms with Crippen molar-refractivity contribution >= 4 is 16.5 Å². The number of aryl methyl sites for hydroxylation is 1. The Labute approximate surface area is 120 Å². The number of aromatic nitrogens is 1. The molecule has 1 aromatic heterocycles. The lowest BCUT2D eigenvalue weighted by Gasteiger charge is -2.19. The van der Waals surface area contributed by atoms with Crippen LogP contribution in [0.5, 0.6) is 0 Å². The number of nitrogens with one attached hydrogen (secondary N) is 1. The van der Waals surface area contributed by atoms with Gasteiger partial charge in [-0.1, -0.05) is 13.8 Å². The molecule has 4 nitrogen and oxygen atoms in total. The van der Waals surface area contributed by atoms with Crippen LogP contribution in [0.4, 0.5) is 5.13 Å². The summed E-state index contributed by atoms with van der Waals surface area (Å²) in [7, 11) is 2.12. The van der Waals surface area contributed by atoms with Crippen molar-refractivity contribution in [2.75, 3.05) is 31.6 Å². The zero-order chi connectivity index (χ0) is 13.7. The van der Waals surface area contributed by atoms with Crippen molar-refractivity contribution in [3.63, 3.8) is 0 Å². The molecule has 0 bridgehead atoms. The van der Waals surface area contributed by atoms with E-state index in [1.807, 2.05) is 11.3 Å². The van der Waals surface area contributed by atoms with Crippen molar-refractivity contribution in [2.24, 2.45) is 0 Å². The summed E-state index contributed by atoms with van der Waals surface area (Å²) < 4.78 is 5.70. The molecule has 0 aliphatic carbocycles. The predicted molar refractivity (Wildman–Crippen MR) is 81.1 cm³/mol. The summed E-state index contributed by atoms with van der Waals surface area (Å²) in [6.07, 6.45) is 3.77. The summed E-state index contributed by atoms with van der Waals surface area (Å²) in [6.45, 7) is 8.12. The van der Waals surface area contributed by atoms with E-state index in [-0.39, 0.29) is 0 Å². The number of likely N-dealkylation sites (N-methyl/N-ethyl adjacent to an activating group) is 1. The third-order valence-electron chi connectivity index (χ3n) is 3.47. The summed E-state index contributed by atoms with van der Waals surface area (Å²) in [6, 6.07) is 0.